The molecular formula is C13H20N2O. The highest BCUT2D eigenvalue weighted by molar-refractivity contribution is 5.83. The maximum absolute atomic E-state index is 12.0. The van der Waals surface area contributed by atoms with Crippen LogP contribution in [0.15, 0.2) is 23.8 Å². The zero-order valence-corrected chi connectivity index (χ0v) is 9.91. The number of allylic oxidation sites excluding steroid dienone is 3. The van der Waals surface area contributed by atoms with E-state index in [-0.39, 0.29) is 11.9 Å². The smallest absolute Gasteiger partial charge is 0.240 e. The molecule has 1 unspecified atom stereocenters. The van der Waals surface area contributed by atoms with Gasteiger partial charge in [-0.15, -0.1) is 0 Å². The van der Waals surface area contributed by atoms with Crippen LogP contribution < -0.4 is 5.32 Å². The molecule has 16 heavy (non-hydrogen) atoms. The standard InChI is InChI=1S/C13H20N2O/c1-2-15-9-8-14-12(13(15)16)10-11-6-4-3-5-7-11/h3-4,6,12,14H,2,5,7-10H2,1H3. The quantitative estimate of drug-likeness (QED) is 0.781. The van der Waals surface area contributed by atoms with Gasteiger partial charge in [-0.1, -0.05) is 23.8 Å². The maximum Gasteiger partial charge on any atom is 0.240 e. The summed E-state index contributed by atoms with van der Waals surface area (Å²) in [5.41, 5.74) is 1.39. The van der Waals surface area contributed by atoms with Crippen molar-refractivity contribution in [2.24, 2.45) is 0 Å². The number of rotatable bonds is 3. The van der Waals surface area contributed by atoms with Gasteiger partial charge in [-0.2, -0.15) is 0 Å². The van der Waals surface area contributed by atoms with Gasteiger partial charge in [0.1, 0.15) is 0 Å². The predicted molar refractivity (Wildman–Crippen MR) is 65.1 cm³/mol. The lowest BCUT2D eigenvalue weighted by Gasteiger charge is -2.33. The predicted octanol–water partition coefficient (Wildman–Crippen LogP) is 1.47. The number of nitrogens with zero attached hydrogens (tertiary/aromatic N) is 1. The number of likely N-dealkylation sites (N-methyl/N-ethyl adjacent to an activating group) is 1. The largest absolute Gasteiger partial charge is 0.340 e. The van der Waals surface area contributed by atoms with E-state index in [2.05, 4.69) is 23.5 Å². The third-order valence-electron chi connectivity index (χ3n) is 3.33. The van der Waals surface area contributed by atoms with Crippen LogP contribution in [0.3, 0.4) is 0 Å². The molecule has 1 aliphatic heterocycles. The molecule has 2 aliphatic rings. The second-order valence-corrected chi connectivity index (χ2v) is 4.42. The summed E-state index contributed by atoms with van der Waals surface area (Å²) in [6.45, 7) is 4.65. The lowest BCUT2D eigenvalue weighted by atomic mass is 9.96. The topological polar surface area (TPSA) is 32.3 Å². The van der Waals surface area contributed by atoms with E-state index in [0.29, 0.717) is 0 Å². The number of carbonyl (C=O) groups is 1. The Bertz CT molecular complexity index is 320. The zero-order chi connectivity index (χ0) is 11.4. The molecule has 3 heteroatoms. The number of hydrogen-bond donors (Lipinski definition) is 1. The molecule has 0 aromatic carbocycles. The van der Waals surface area contributed by atoms with Crippen molar-refractivity contribution in [3.63, 3.8) is 0 Å². The monoisotopic (exact) mass is 220 g/mol. The van der Waals surface area contributed by atoms with E-state index < -0.39 is 0 Å². The Morgan fingerprint density at radius 1 is 1.56 bits per heavy atom. The minimum absolute atomic E-state index is 0.00597. The van der Waals surface area contributed by atoms with Crippen LogP contribution >= 0.6 is 0 Å². The summed E-state index contributed by atoms with van der Waals surface area (Å²) in [4.78, 5) is 14.0. The van der Waals surface area contributed by atoms with Crippen molar-refractivity contribution in [3.05, 3.63) is 23.8 Å². The van der Waals surface area contributed by atoms with E-state index in [0.717, 1.165) is 38.9 Å². The first-order valence-corrected chi connectivity index (χ1v) is 6.18. The molecule has 1 saturated heterocycles. The van der Waals surface area contributed by atoms with Gasteiger partial charge in [0, 0.05) is 19.6 Å². The molecule has 1 heterocycles. The van der Waals surface area contributed by atoms with Crippen LogP contribution in [-0.2, 0) is 4.79 Å². The molecule has 0 bridgehead atoms. The summed E-state index contributed by atoms with van der Waals surface area (Å²) < 4.78 is 0. The van der Waals surface area contributed by atoms with Gasteiger partial charge in [0.05, 0.1) is 6.04 Å². The van der Waals surface area contributed by atoms with Crippen molar-refractivity contribution in [1.29, 1.82) is 0 Å². The maximum atomic E-state index is 12.0. The van der Waals surface area contributed by atoms with E-state index >= 15 is 0 Å². The van der Waals surface area contributed by atoms with E-state index in [1.807, 2.05) is 11.8 Å². The number of carbonyl (C=O) groups excluding carboxylic acids is 1. The number of amides is 1. The average Bonchev–Trinajstić information content (AvgIpc) is 2.33. The summed E-state index contributed by atoms with van der Waals surface area (Å²) in [7, 11) is 0. The number of hydrogen-bond acceptors (Lipinski definition) is 2. The van der Waals surface area contributed by atoms with Crippen molar-refractivity contribution in [2.75, 3.05) is 19.6 Å². The molecular weight excluding hydrogens is 200 g/mol. The second-order valence-electron chi connectivity index (χ2n) is 4.42. The van der Waals surface area contributed by atoms with Gasteiger partial charge in [0.25, 0.3) is 0 Å². The first kappa shape index (κ1) is 11.4. The molecule has 88 valence electrons. The van der Waals surface area contributed by atoms with Gasteiger partial charge >= 0.3 is 0 Å². The molecule has 0 aromatic heterocycles. The van der Waals surface area contributed by atoms with Crippen molar-refractivity contribution in [3.8, 4) is 0 Å². The summed E-state index contributed by atoms with van der Waals surface area (Å²) >= 11 is 0. The van der Waals surface area contributed by atoms with Gasteiger partial charge in [-0.25, -0.2) is 0 Å². The summed E-state index contributed by atoms with van der Waals surface area (Å²) in [6.07, 6.45) is 9.53. The van der Waals surface area contributed by atoms with Crippen LogP contribution in [0.2, 0.25) is 0 Å². The molecule has 1 fully saturated rings. The van der Waals surface area contributed by atoms with Crippen molar-refractivity contribution >= 4 is 5.91 Å². The van der Waals surface area contributed by atoms with Gasteiger partial charge in [0.15, 0.2) is 0 Å². The van der Waals surface area contributed by atoms with E-state index in [1.165, 1.54) is 5.57 Å². The zero-order valence-electron chi connectivity index (χ0n) is 9.91. The molecule has 2 rings (SSSR count). The molecule has 0 aromatic rings. The van der Waals surface area contributed by atoms with E-state index in [1.54, 1.807) is 0 Å². The first-order chi connectivity index (χ1) is 7.81. The highest BCUT2D eigenvalue weighted by Crippen LogP contribution is 2.19. The van der Waals surface area contributed by atoms with Crippen molar-refractivity contribution < 1.29 is 4.79 Å². The molecule has 1 atom stereocenters. The minimum atomic E-state index is 0.00597. The number of piperazine rings is 1. The summed E-state index contributed by atoms with van der Waals surface area (Å²) in [5.74, 6) is 0.268. The van der Waals surface area contributed by atoms with Crippen molar-refractivity contribution in [1.82, 2.24) is 10.2 Å². The normalized spacial score (nSPS) is 25.8. The lowest BCUT2D eigenvalue weighted by Crippen LogP contribution is -2.54. The minimum Gasteiger partial charge on any atom is -0.340 e. The highest BCUT2D eigenvalue weighted by Gasteiger charge is 2.27. The van der Waals surface area contributed by atoms with E-state index in [4.69, 9.17) is 0 Å². The van der Waals surface area contributed by atoms with Gasteiger partial charge in [-0.3, -0.25) is 4.79 Å². The Labute approximate surface area is 97.2 Å². The van der Waals surface area contributed by atoms with Gasteiger partial charge < -0.3 is 10.2 Å². The lowest BCUT2D eigenvalue weighted by molar-refractivity contribution is -0.135. The van der Waals surface area contributed by atoms with Crippen LogP contribution in [0.1, 0.15) is 26.2 Å². The molecule has 0 spiro atoms. The Morgan fingerprint density at radius 3 is 3.12 bits per heavy atom. The highest BCUT2D eigenvalue weighted by atomic mass is 16.2. The molecule has 1 aliphatic carbocycles. The van der Waals surface area contributed by atoms with Gasteiger partial charge in [0.2, 0.25) is 5.91 Å². The van der Waals surface area contributed by atoms with Gasteiger partial charge in [-0.05, 0) is 26.2 Å². The van der Waals surface area contributed by atoms with Crippen LogP contribution in [-0.4, -0.2) is 36.5 Å². The molecule has 1 amide bonds. The van der Waals surface area contributed by atoms with Crippen LogP contribution in [0, 0.1) is 0 Å². The SMILES string of the molecule is CCN1CCNC(CC2=CC=CCC2)C1=O. The molecule has 0 radical (unpaired) electrons. The fourth-order valence-corrected chi connectivity index (χ4v) is 2.35. The first-order valence-electron chi connectivity index (χ1n) is 6.18. The third-order valence-corrected chi connectivity index (χ3v) is 3.33. The van der Waals surface area contributed by atoms with Crippen molar-refractivity contribution in [2.45, 2.75) is 32.2 Å². The fraction of sp³-hybridized carbons (Fsp3) is 0.615. The number of nitrogens with one attached hydrogen (secondary N) is 1. The molecule has 1 N–H and O–H groups in total. The Morgan fingerprint density at radius 2 is 2.44 bits per heavy atom. The Balaban J connectivity index is 1.95. The molecule has 0 saturated carbocycles. The van der Waals surface area contributed by atoms with Crippen LogP contribution in [0.25, 0.3) is 0 Å². The third kappa shape index (κ3) is 2.53. The van der Waals surface area contributed by atoms with Crippen LogP contribution in [0.4, 0.5) is 0 Å². The fourth-order valence-electron chi connectivity index (χ4n) is 2.35. The van der Waals surface area contributed by atoms with E-state index in [9.17, 15) is 4.79 Å². The van der Waals surface area contributed by atoms with Crippen LogP contribution in [0.5, 0.6) is 0 Å². The second kappa shape index (κ2) is 5.30. The molecule has 3 nitrogen and oxygen atoms in total. The Hall–Kier alpha value is -1.09. The Kier molecular flexibility index (Phi) is 3.78. The average molecular weight is 220 g/mol. The summed E-state index contributed by atoms with van der Waals surface area (Å²) in [6, 6.07) is 0.00597. The summed E-state index contributed by atoms with van der Waals surface area (Å²) in [5, 5.41) is 3.32.